The van der Waals surface area contributed by atoms with Gasteiger partial charge in [-0.05, 0) is 13.8 Å². The SMILES string of the molecule is Cc1nc(C)c(C2CNCC2C(=O)O)s1. The van der Waals surface area contributed by atoms with Crippen molar-refractivity contribution < 1.29 is 9.90 Å². The smallest absolute Gasteiger partial charge is 0.308 e. The van der Waals surface area contributed by atoms with Gasteiger partial charge in [0.15, 0.2) is 0 Å². The number of thiazole rings is 1. The Balaban J connectivity index is 2.30. The van der Waals surface area contributed by atoms with Gasteiger partial charge in [-0.1, -0.05) is 0 Å². The van der Waals surface area contributed by atoms with Gasteiger partial charge in [-0.25, -0.2) is 4.98 Å². The minimum atomic E-state index is -0.713. The monoisotopic (exact) mass is 226 g/mol. The van der Waals surface area contributed by atoms with Gasteiger partial charge in [-0.3, -0.25) is 4.79 Å². The van der Waals surface area contributed by atoms with E-state index in [1.54, 1.807) is 11.3 Å². The molecule has 1 aliphatic rings. The van der Waals surface area contributed by atoms with Crippen molar-refractivity contribution in [1.29, 1.82) is 0 Å². The number of aliphatic carboxylic acids is 1. The fraction of sp³-hybridized carbons (Fsp3) is 0.600. The molecular weight excluding hydrogens is 212 g/mol. The molecule has 0 radical (unpaired) electrons. The Labute approximate surface area is 92.3 Å². The first-order valence-electron chi connectivity index (χ1n) is 4.97. The van der Waals surface area contributed by atoms with Crippen LogP contribution in [-0.2, 0) is 4.79 Å². The highest BCUT2D eigenvalue weighted by Crippen LogP contribution is 2.34. The van der Waals surface area contributed by atoms with E-state index >= 15 is 0 Å². The molecule has 0 saturated carbocycles. The Bertz CT molecular complexity index is 389. The molecule has 5 heteroatoms. The topological polar surface area (TPSA) is 62.2 Å². The Kier molecular flexibility index (Phi) is 2.75. The lowest BCUT2D eigenvalue weighted by molar-refractivity contribution is -0.141. The van der Waals surface area contributed by atoms with Gasteiger partial charge in [0.05, 0.1) is 16.6 Å². The summed E-state index contributed by atoms with van der Waals surface area (Å²) in [5.74, 6) is -0.923. The highest BCUT2D eigenvalue weighted by Gasteiger charge is 2.35. The van der Waals surface area contributed by atoms with Gasteiger partial charge >= 0.3 is 5.97 Å². The van der Waals surface area contributed by atoms with Crippen LogP contribution < -0.4 is 5.32 Å². The van der Waals surface area contributed by atoms with Crippen molar-refractivity contribution in [2.24, 2.45) is 5.92 Å². The molecule has 2 unspecified atom stereocenters. The van der Waals surface area contributed by atoms with E-state index in [2.05, 4.69) is 10.3 Å². The summed E-state index contributed by atoms with van der Waals surface area (Å²) in [6.45, 7) is 5.23. The molecule has 4 nitrogen and oxygen atoms in total. The average molecular weight is 226 g/mol. The molecule has 1 aliphatic heterocycles. The molecule has 1 fully saturated rings. The first-order valence-corrected chi connectivity index (χ1v) is 5.78. The molecule has 2 rings (SSSR count). The number of carboxylic acid groups (broad SMARTS) is 1. The van der Waals surface area contributed by atoms with Crippen LogP contribution >= 0.6 is 11.3 Å². The minimum absolute atomic E-state index is 0.0914. The quantitative estimate of drug-likeness (QED) is 0.794. The standard InChI is InChI=1S/C10H14N2O2S/c1-5-9(15-6(2)12-5)7-3-11-4-8(7)10(13)14/h7-8,11H,3-4H2,1-2H3,(H,13,14). The third-order valence-corrected chi connectivity index (χ3v) is 4.01. The molecule has 0 bridgehead atoms. The van der Waals surface area contributed by atoms with Crippen molar-refractivity contribution in [3.05, 3.63) is 15.6 Å². The summed E-state index contributed by atoms with van der Waals surface area (Å²) in [7, 11) is 0. The lowest BCUT2D eigenvalue weighted by Crippen LogP contribution is -2.20. The number of aromatic nitrogens is 1. The number of rotatable bonds is 2. The summed E-state index contributed by atoms with van der Waals surface area (Å²) in [5.41, 5.74) is 0.984. The van der Waals surface area contributed by atoms with E-state index in [9.17, 15) is 4.79 Å². The van der Waals surface area contributed by atoms with Crippen LogP contribution in [-0.4, -0.2) is 29.1 Å². The summed E-state index contributed by atoms with van der Waals surface area (Å²) in [5, 5.41) is 13.2. The van der Waals surface area contributed by atoms with Crippen molar-refractivity contribution in [3.63, 3.8) is 0 Å². The predicted molar refractivity (Wildman–Crippen MR) is 58.3 cm³/mol. The van der Waals surface area contributed by atoms with Crippen LogP contribution in [0.2, 0.25) is 0 Å². The zero-order valence-electron chi connectivity index (χ0n) is 8.78. The lowest BCUT2D eigenvalue weighted by Gasteiger charge is -2.12. The van der Waals surface area contributed by atoms with Gasteiger partial charge in [-0.2, -0.15) is 0 Å². The molecule has 2 heterocycles. The van der Waals surface area contributed by atoms with Crippen LogP contribution in [0.15, 0.2) is 0 Å². The third-order valence-electron chi connectivity index (χ3n) is 2.81. The average Bonchev–Trinajstić information content (AvgIpc) is 2.71. The number of carbonyl (C=O) groups is 1. The fourth-order valence-corrected chi connectivity index (χ4v) is 3.20. The van der Waals surface area contributed by atoms with E-state index in [0.29, 0.717) is 6.54 Å². The summed E-state index contributed by atoms with van der Waals surface area (Å²) in [6.07, 6.45) is 0. The second-order valence-corrected chi connectivity index (χ2v) is 5.13. The molecule has 0 aromatic carbocycles. The molecule has 0 spiro atoms. The van der Waals surface area contributed by atoms with Crippen molar-refractivity contribution in [2.45, 2.75) is 19.8 Å². The molecule has 1 aromatic rings. The second-order valence-electron chi connectivity index (χ2n) is 3.89. The van der Waals surface area contributed by atoms with Crippen molar-refractivity contribution in [1.82, 2.24) is 10.3 Å². The summed E-state index contributed by atoms with van der Waals surface area (Å²) >= 11 is 1.62. The molecule has 2 atom stereocenters. The van der Waals surface area contributed by atoms with E-state index < -0.39 is 5.97 Å². The Morgan fingerprint density at radius 3 is 2.80 bits per heavy atom. The van der Waals surface area contributed by atoms with Crippen LogP contribution in [0.5, 0.6) is 0 Å². The maximum atomic E-state index is 11.0. The number of hydrogen-bond acceptors (Lipinski definition) is 4. The lowest BCUT2D eigenvalue weighted by atomic mass is 9.94. The number of nitrogens with zero attached hydrogens (tertiary/aromatic N) is 1. The zero-order valence-corrected chi connectivity index (χ0v) is 9.60. The second kappa shape index (κ2) is 3.90. The number of nitrogens with one attached hydrogen (secondary N) is 1. The Morgan fingerprint density at radius 2 is 2.27 bits per heavy atom. The molecule has 1 saturated heterocycles. The van der Waals surface area contributed by atoms with Crippen molar-refractivity contribution >= 4 is 17.3 Å². The number of carboxylic acids is 1. The van der Waals surface area contributed by atoms with Gasteiger partial charge < -0.3 is 10.4 Å². The van der Waals surface area contributed by atoms with E-state index in [0.717, 1.165) is 22.1 Å². The van der Waals surface area contributed by atoms with Crippen LogP contribution in [0.3, 0.4) is 0 Å². The van der Waals surface area contributed by atoms with Crippen molar-refractivity contribution in [2.75, 3.05) is 13.1 Å². The Hall–Kier alpha value is -0.940. The highest BCUT2D eigenvalue weighted by atomic mass is 32.1. The van der Waals surface area contributed by atoms with Crippen LogP contribution in [0.1, 0.15) is 21.5 Å². The largest absolute Gasteiger partial charge is 0.481 e. The molecule has 1 aromatic heterocycles. The zero-order chi connectivity index (χ0) is 11.0. The first-order chi connectivity index (χ1) is 7.09. The highest BCUT2D eigenvalue weighted by molar-refractivity contribution is 7.11. The summed E-state index contributed by atoms with van der Waals surface area (Å²) < 4.78 is 0. The molecule has 82 valence electrons. The van der Waals surface area contributed by atoms with Gasteiger partial charge in [0.2, 0.25) is 0 Å². The minimum Gasteiger partial charge on any atom is -0.481 e. The fourth-order valence-electron chi connectivity index (χ4n) is 2.10. The van der Waals surface area contributed by atoms with Gasteiger partial charge in [-0.15, -0.1) is 11.3 Å². The van der Waals surface area contributed by atoms with Gasteiger partial charge in [0.1, 0.15) is 0 Å². The van der Waals surface area contributed by atoms with E-state index in [-0.39, 0.29) is 11.8 Å². The van der Waals surface area contributed by atoms with Gasteiger partial charge in [0.25, 0.3) is 0 Å². The van der Waals surface area contributed by atoms with Crippen LogP contribution in [0.25, 0.3) is 0 Å². The number of hydrogen-bond donors (Lipinski definition) is 2. The molecular formula is C10H14N2O2S. The predicted octanol–water partition coefficient (Wildman–Crippen LogP) is 1.15. The number of aryl methyl sites for hydroxylation is 2. The summed E-state index contributed by atoms with van der Waals surface area (Å²) in [6, 6.07) is 0. The molecule has 15 heavy (non-hydrogen) atoms. The normalized spacial score (nSPS) is 25.7. The van der Waals surface area contributed by atoms with Crippen molar-refractivity contribution in [3.8, 4) is 0 Å². The van der Waals surface area contributed by atoms with Crippen LogP contribution in [0, 0.1) is 19.8 Å². The van der Waals surface area contributed by atoms with Gasteiger partial charge in [0, 0.05) is 23.9 Å². The van der Waals surface area contributed by atoms with E-state index in [4.69, 9.17) is 5.11 Å². The summed E-state index contributed by atoms with van der Waals surface area (Å²) in [4.78, 5) is 16.5. The molecule has 0 aliphatic carbocycles. The molecule has 2 N–H and O–H groups in total. The molecule has 0 amide bonds. The van der Waals surface area contributed by atoms with E-state index in [1.807, 2.05) is 13.8 Å². The first kappa shape index (κ1) is 10.6. The van der Waals surface area contributed by atoms with Crippen LogP contribution in [0.4, 0.5) is 0 Å². The maximum Gasteiger partial charge on any atom is 0.308 e. The maximum absolute atomic E-state index is 11.0. The Morgan fingerprint density at radius 1 is 1.53 bits per heavy atom. The third kappa shape index (κ3) is 1.89. The van der Waals surface area contributed by atoms with E-state index in [1.165, 1.54) is 0 Å².